The van der Waals surface area contributed by atoms with Crippen LogP contribution in [0.1, 0.15) is 35.7 Å². The van der Waals surface area contributed by atoms with Gasteiger partial charge in [-0.1, -0.05) is 56.3 Å². The Hall–Kier alpha value is -3.73. The van der Waals surface area contributed by atoms with Gasteiger partial charge in [0.15, 0.2) is 0 Å². The first-order valence-corrected chi connectivity index (χ1v) is 11.8. The number of anilines is 1. The Labute approximate surface area is 199 Å². The highest BCUT2D eigenvalue weighted by Crippen LogP contribution is 2.28. The highest BCUT2D eigenvalue weighted by atomic mass is 19.1. The van der Waals surface area contributed by atoms with Crippen molar-refractivity contribution in [1.29, 1.82) is 0 Å². The van der Waals surface area contributed by atoms with Crippen LogP contribution in [0.25, 0.3) is 22.2 Å². The molecule has 1 aliphatic heterocycles. The summed E-state index contributed by atoms with van der Waals surface area (Å²) < 4.78 is 13.3. The summed E-state index contributed by atoms with van der Waals surface area (Å²) >= 11 is 0. The average molecular weight is 454 g/mol. The molecule has 5 rings (SSSR count). The summed E-state index contributed by atoms with van der Waals surface area (Å²) in [4.78, 5) is 22.6. The van der Waals surface area contributed by atoms with E-state index in [0.29, 0.717) is 37.7 Å². The largest absolute Gasteiger partial charge is 0.368 e. The van der Waals surface area contributed by atoms with Crippen molar-refractivity contribution in [3.8, 4) is 11.3 Å². The number of para-hydroxylation sites is 1. The normalized spacial score (nSPS) is 14.1. The van der Waals surface area contributed by atoms with Crippen LogP contribution < -0.4 is 4.90 Å². The Bertz CT molecular complexity index is 1310. The molecule has 1 aromatic heterocycles. The van der Waals surface area contributed by atoms with Crippen molar-refractivity contribution in [3.05, 3.63) is 95.8 Å². The van der Waals surface area contributed by atoms with Gasteiger partial charge in [-0.3, -0.25) is 4.79 Å². The molecule has 4 aromatic rings. The van der Waals surface area contributed by atoms with Crippen molar-refractivity contribution < 1.29 is 9.18 Å². The van der Waals surface area contributed by atoms with E-state index >= 15 is 0 Å². The Morgan fingerprint density at radius 3 is 2.24 bits per heavy atom. The van der Waals surface area contributed by atoms with E-state index in [1.807, 2.05) is 35.2 Å². The van der Waals surface area contributed by atoms with E-state index in [-0.39, 0.29) is 11.7 Å². The van der Waals surface area contributed by atoms with Gasteiger partial charge in [0.25, 0.3) is 5.91 Å². The molecule has 0 bridgehead atoms. The van der Waals surface area contributed by atoms with E-state index in [1.165, 1.54) is 17.7 Å². The van der Waals surface area contributed by atoms with Crippen molar-refractivity contribution in [2.45, 2.75) is 19.8 Å². The first kappa shape index (κ1) is 22.1. The van der Waals surface area contributed by atoms with E-state index < -0.39 is 0 Å². The van der Waals surface area contributed by atoms with Crippen molar-refractivity contribution in [1.82, 2.24) is 9.88 Å². The summed E-state index contributed by atoms with van der Waals surface area (Å²) in [5, 5.41) is 0.871. The van der Waals surface area contributed by atoms with Gasteiger partial charge < -0.3 is 9.80 Å². The zero-order valence-corrected chi connectivity index (χ0v) is 19.5. The van der Waals surface area contributed by atoms with Gasteiger partial charge in [0.05, 0.1) is 16.8 Å². The molecular weight excluding hydrogens is 425 g/mol. The molecule has 3 aromatic carbocycles. The van der Waals surface area contributed by atoms with E-state index in [9.17, 15) is 9.18 Å². The van der Waals surface area contributed by atoms with Crippen LogP contribution in [0.2, 0.25) is 0 Å². The zero-order chi connectivity index (χ0) is 23.7. The molecule has 172 valence electrons. The maximum Gasteiger partial charge on any atom is 0.254 e. The van der Waals surface area contributed by atoms with E-state index in [1.54, 1.807) is 12.1 Å². The zero-order valence-electron chi connectivity index (χ0n) is 19.5. The van der Waals surface area contributed by atoms with Crippen LogP contribution in [0.15, 0.2) is 78.9 Å². The van der Waals surface area contributed by atoms with Gasteiger partial charge in [-0.15, -0.1) is 0 Å². The average Bonchev–Trinajstić information content (AvgIpc) is 2.88. The van der Waals surface area contributed by atoms with Crippen molar-refractivity contribution in [3.63, 3.8) is 0 Å². The summed E-state index contributed by atoms with van der Waals surface area (Å²) in [6, 6.07) is 24.7. The van der Waals surface area contributed by atoms with Crippen LogP contribution in [0.5, 0.6) is 0 Å². The lowest BCUT2D eigenvalue weighted by Crippen LogP contribution is -2.48. The third-order valence-corrected chi connectivity index (χ3v) is 6.58. The van der Waals surface area contributed by atoms with Crippen molar-refractivity contribution >= 4 is 22.5 Å². The Morgan fingerprint density at radius 1 is 0.882 bits per heavy atom. The number of piperazine rings is 1. The first-order chi connectivity index (χ1) is 16.5. The molecule has 0 aliphatic carbocycles. The number of nitrogens with zero attached hydrogens (tertiary/aromatic N) is 3. The molecule has 0 unspecified atom stereocenters. The molecule has 0 atom stereocenters. The number of carbonyl (C=O) groups is 1. The van der Waals surface area contributed by atoms with Crippen LogP contribution in [-0.2, 0) is 0 Å². The minimum Gasteiger partial charge on any atom is -0.368 e. The maximum atomic E-state index is 13.7. The minimum absolute atomic E-state index is 0.0254. The van der Waals surface area contributed by atoms with E-state index in [4.69, 9.17) is 4.98 Å². The molecule has 1 fully saturated rings. The second-order valence-electron chi connectivity index (χ2n) is 9.10. The number of benzene rings is 3. The Kier molecular flexibility index (Phi) is 6.01. The lowest BCUT2D eigenvalue weighted by atomic mass is 9.99. The van der Waals surface area contributed by atoms with Gasteiger partial charge in [-0.25, -0.2) is 9.37 Å². The van der Waals surface area contributed by atoms with Crippen LogP contribution >= 0.6 is 0 Å². The summed E-state index contributed by atoms with van der Waals surface area (Å²) in [7, 11) is 0. The number of carbonyl (C=O) groups excluding carboxylic acids is 1. The molecule has 0 radical (unpaired) electrons. The number of halogens is 1. The molecule has 1 amide bonds. The second kappa shape index (κ2) is 9.26. The SMILES string of the molecule is CC(C)c1ccc(-c2cc(C(=O)N3CCN(c4ccc(F)cc4)CC3)c3ccccc3n2)cc1. The van der Waals surface area contributed by atoms with Gasteiger partial charge in [0.2, 0.25) is 0 Å². The standard InChI is InChI=1S/C29H28FN3O/c1-20(2)21-7-9-22(10-8-21)28-19-26(25-5-3-4-6-27(25)31-28)29(34)33-17-15-32(16-18-33)24-13-11-23(30)12-14-24/h3-14,19-20H,15-18H2,1-2H3. The molecule has 1 aliphatic rings. The number of fused-ring (bicyclic) bond motifs is 1. The molecule has 4 nitrogen and oxygen atoms in total. The third kappa shape index (κ3) is 4.38. The molecule has 0 spiro atoms. The van der Waals surface area contributed by atoms with E-state index in [0.717, 1.165) is 27.8 Å². The lowest BCUT2D eigenvalue weighted by molar-refractivity contribution is 0.0748. The van der Waals surface area contributed by atoms with Crippen LogP contribution in [0.3, 0.4) is 0 Å². The monoisotopic (exact) mass is 453 g/mol. The minimum atomic E-state index is -0.239. The summed E-state index contributed by atoms with van der Waals surface area (Å²) in [6.45, 7) is 7.01. The highest BCUT2D eigenvalue weighted by Gasteiger charge is 2.24. The topological polar surface area (TPSA) is 36.4 Å². The second-order valence-corrected chi connectivity index (χ2v) is 9.10. The number of hydrogen-bond donors (Lipinski definition) is 0. The lowest BCUT2D eigenvalue weighted by Gasteiger charge is -2.36. The predicted molar refractivity (Wildman–Crippen MR) is 136 cm³/mol. The van der Waals surface area contributed by atoms with Gasteiger partial charge >= 0.3 is 0 Å². The maximum absolute atomic E-state index is 13.7. The van der Waals surface area contributed by atoms with Crippen molar-refractivity contribution in [2.75, 3.05) is 31.1 Å². The summed E-state index contributed by atoms with van der Waals surface area (Å²) in [5.74, 6) is 0.249. The molecule has 2 heterocycles. The van der Waals surface area contributed by atoms with Gasteiger partial charge in [0.1, 0.15) is 5.82 Å². The molecule has 34 heavy (non-hydrogen) atoms. The van der Waals surface area contributed by atoms with Crippen LogP contribution in [0.4, 0.5) is 10.1 Å². The van der Waals surface area contributed by atoms with Crippen molar-refractivity contribution in [2.24, 2.45) is 0 Å². The predicted octanol–water partition coefficient (Wildman–Crippen LogP) is 6.13. The fourth-order valence-electron chi connectivity index (χ4n) is 4.53. The number of amides is 1. The highest BCUT2D eigenvalue weighted by molar-refractivity contribution is 6.07. The molecular formula is C29H28FN3O. The number of rotatable bonds is 4. The number of hydrogen-bond acceptors (Lipinski definition) is 3. The Morgan fingerprint density at radius 2 is 1.56 bits per heavy atom. The molecule has 5 heteroatoms. The molecule has 0 N–H and O–H groups in total. The fraction of sp³-hybridized carbons (Fsp3) is 0.241. The number of pyridine rings is 1. The summed E-state index contributed by atoms with van der Waals surface area (Å²) in [5.41, 5.74) is 5.58. The first-order valence-electron chi connectivity index (χ1n) is 11.8. The number of aromatic nitrogens is 1. The fourth-order valence-corrected chi connectivity index (χ4v) is 4.53. The Balaban J connectivity index is 1.42. The third-order valence-electron chi connectivity index (χ3n) is 6.58. The molecule has 1 saturated heterocycles. The smallest absolute Gasteiger partial charge is 0.254 e. The summed E-state index contributed by atoms with van der Waals surface area (Å²) in [6.07, 6.45) is 0. The van der Waals surface area contributed by atoms with Crippen LogP contribution in [-0.4, -0.2) is 42.0 Å². The van der Waals surface area contributed by atoms with Crippen LogP contribution in [0, 0.1) is 5.82 Å². The van der Waals surface area contributed by atoms with Gasteiger partial charge in [-0.2, -0.15) is 0 Å². The van der Waals surface area contributed by atoms with Gasteiger partial charge in [0, 0.05) is 42.8 Å². The van der Waals surface area contributed by atoms with E-state index in [2.05, 4.69) is 43.0 Å². The quantitative estimate of drug-likeness (QED) is 0.373. The molecule has 0 saturated carbocycles. The van der Waals surface area contributed by atoms with Gasteiger partial charge in [-0.05, 0) is 47.9 Å².